The minimum atomic E-state index is -1.06. The van der Waals surface area contributed by atoms with E-state index in [1.807, 2.05) is 20.8 Å². The Balaban J connectivity index is 2.79. The summed E-state index contributed by atoms with van der Waals surface area (Å²) in [5.74, 6) is -1.77. The fourth-order valence-electron chi connectivity index (χ4n) is 2.47. The second kappa shape index (κ2) is 9.57. The van der Waals surface area contributed by atoms with Crippen LogP contribution in [0.1, 0.15) is 58.6 Å². The van der Waals surface area contributed by atoms with Crippen LogP contribution in [0.25, 0.3) is 0 Å². The highest BCUT2D eigenvalue weighted by Crippen LogP contribution is 2.22. The highest BCUT2D eigenvalue weighted by molar-refractivity contribution is 6.30. The Morgan fingerprint density at radius 3 is 2.15 bits per heavy atom. The summed E-state index contributed by atoms with van der Waals surface area (Å²) >= 11 is 5.87. The first kappa shape index (κ1) is 22.0. The predicted octanol–water partition coefficient (Wildman–Crippen LogP) is 3.30. The van der Waals surface area contributed by atoms with E-state index in [2.05, 4.69) is 10.6 Å². The molecule has 0 spiro atoms. The largest absolute Gasteiger partial charge is 0.480 e. The third-order valence-corrected chi connectivity index (χ3v) is 4.11. The SMILES string of the molecule is CC(=O)NC(CC(=O)NC(CCC(C)(C)C)C(=O)O)c1ccc(Cl)cc1. The molecule has 7 heteroatoms. The summed E-state index contributed by atoms with van der Waals surface area (Å²) in [7, 11) is 0. The number of hydrogen-bond donors (Lipinski definition) is 3. The molecule has 1 aromatic carbocycles. The first-order chi connectivity index (χ1) is 12.0. The van der Waals surface area contributed by atoms with Crippen molar-refractivity contribution in [3.8, 4) is 0 Å². The average Bonchev–Trinajstić information content (AvgIpc) is 2.50. The first-order valence-electron chi connectivity index (χ1n) is 8.52. The van der Waals surface area contributed by atoms with Crippen molar-refractivity contribution in [1.82, 2.24) is 10.6 Å². The summed E-state index contributed by atoms with van der Waals surface area (Å²) in [6.45, 7) is 7.41. The molecule has 144 valence electrons. The normalized spacial score (nSPS) is 13.6. The van der Waals surface area contributed by atoms with E-state index in [-0.39, 0.29) is 17.7 Å². The maximum Gasteiger partial charge on any atom is 0.326 e. The van der Waals surface area contributed by atoms with Crippen LogP contribution in [0.15, 0.2) is 24.3 Å². The second-order valence-corrected chi connectivity index (χ2v) is 8.00. The van der Waals surface area contributed by atoms with Gasteiger partial charge in [0.05, 0.1) is 12.5 Å². The van der Waals surface area contributed by atoms with E-state index in [0.29, 0.717) is 17.9 Å². The molecule has 2 atom stereocenters. The number of carboxylic acid groups (broad SMARTS) is 1. The lowest BCUT2D eigenvalue weighted by molar-refractivity contribution is -0.142. The van der Waals surface area contributed by atoms with Gasteiger partial charge in [0.1, 0.15) is 6.04 Å². The highest BCUT2D eigenvalue weighted by atomic mass is 35.5. The summed E-state index contributed by atoms with van der Waals surface area (Å²) < 4.78 is 0. The zero-order chi connectivity index (χ0) is 19.9. The van der Waals surface area contributed by atoms with Gasteiger partial charge in [0.25, 0.3) is 0 Å². The Hall–Kier alpha value is -2.08. The van der Waals surface area contributed by atoms with Crippen LogP contribution in [0.3, 0.4) is 0 Å². The van der Waals surface area contributed by atoms with Crippen LogP contribution in [0.2, 0.25) is 5.02 Å². The monoisotopic (exact) mass is 382 g/mol. The van der Waals surface area contributed by atoms with Gasteiger partial charge in [-0.2, -0.15) is 0 Å². The number of carboxylic acids is 1. The highest BCUT2D eigenvalue weighted by Gasteiger charge is 2.25. The van der Waals surface area contributed by atoms with Crippen molar-refractivity contribution in [3.63, 3.8) is 0 Å². The van der Waals surface area contributed by atoms with Gasteiger partial charge in [-0.05, 0) is 36.0 Å². The summed E-state index contributed by atoms with van der Waals surface area (Å²) in [4.78, 5) is 35.2. The summed E-state index contributed by atoms with van der Waals surface area (Å²) in [6, 6.07) is 5.29. The van der Waals surface area contributed by atoms with Gasteiger partial charge in [-0.25, -0.2) is 4.79 Å². The maximum absolute atomic E-state index is 12.4. The fourth-order valence-corrected chi connectivity index (χ4v) is 2.59. The van der Waals surface area contributed by atoms with Crippen LogP contribution in [0.5, 0.6) is 0 Å². The third-order valence-electron chi connectivity index (χ3n) is 3.86. The van der Waals surface area contributed by atoms with Crippen LogP contribution >= 0.6 is 11.6 Å². The quantitative estimate of drug-likeness (QED) is 0.642. The van der Waals surface area contributed by atoms with Crippen molar-refractivity contribution in [1.29, 1.82) is 0 Å². The predicted molar refractivity (Wildman–Crippen MR) is 101 cm³/mol. The Labute approximate surface area is 159 Å². The number of benzene rings is 1. The summed E-state index contributed by atoms with van der Waals surface area (Å²) in [5.41, 5.74) is 0.696. The number of carbonyl (C=O) groups is 3. The van der Waals surface area contributed by atoms with E-state index in [4.69, 9.17) is 11.6 Å². The zero-order valence-corrected chi connectivity index (χ0v) is 16.4. The van der Waals surface area contributed by atoms with Crippen molar-refractivity contribution < 1.29 is 19.5 Å². The molecule has 0 aromatic heterocycles. The zero-order valence-electron chi connectivity index (χ0n) is 15.6. The molecule has 0 aliphatic heterocycles. The number of carbonyl (C=O) groups excluding carboxylic acids is 2. The molecular weight excluding hydrogens is 356 g/mol. The molecule has 0 aliphatic rings. The average molecular weight is 383 g/mol. The standard InChI is InChI=1S/C19H27ClN2O4/c1-12(23)21-16(13-5-7-14(20)8-6-13)11-17(24)22-15(18(25)26)9-10-19(2,3)4/h5-8,15-16H,9-11H2,1-4H3,(H,21,23)(H,22,24)(H,25,26). The van der Waals surface area contributed by atoms with Gasteiger partial charge in [0.2, 0.25) is 11.8 Å². The van der Waals surface area contributed by atoms with E-state index >= 15 is 0 Å². The number of aliphatic carboxylic acids is 1. The number of amides is 2. The Bertz CT molecular complexity index is 638. The van der Waals surface area contributed by atoms with Gasteiger partial charge in [0.15, 0.2) is 0 Å². The molecule has 0 radical (unpaired) electrons. The molecule has 2 unspecified atom stereocenters. The molecule has 26 heavy (non-hydrogen) atoms. The third kappa shape index (κ3) is 8.34. The second-order valence-electron chi connectivity index (χ2n) is 7.57. The van der Waals surface area contributed by atoms with Crippen molar-refractivity contribution in [2.24, 2.45) is 5.41 Å². The molecule has 0 heterocycles. The summed E-state index contributed by atoms with van der Waals surface area (Å²) in [5, 5.41) is 15.2. The lowest BCUT2D eigenvalue weighted by atomic mass is 9.88. The molecule has 1 rings (SSSR count). The molecule has 2 amide bonds. The van der Waals surface area contributed by atoms with Crippen LogP contribution in [0, 0.1) is 5.41 Å². The molecular formula is C19H27ClN2O4. The number of hydrogen-bond acceptors (Lipinski definition) is 3. The topological polar surface area (TPSA) is 95.5 Å². The molecule has 0 saturated carbocycles. The van der Waals surface area contributed by atoms with Crippen molar-refractivity contribution in [3.05, 3.63) is 34.9 Å². The van der Waals surface area contributed by atoms with Crippen molar-refractivity contribution in [2.45, 2.75) is 59.0 Å². The smallest absolute Gasteiger partial charge is 0.326 e. The fraction of sp³-hybridized carbons (Fsp3) is 0.526. The Kier molecular flexibility index (Phi) is 8.08. The van der Waals surface area contributed by atoms with Crippen LogP contribution in [0.4, 0.5) is 0 Å². The van der Waals surface area contributed by atoms with Gasteiger partial charge in [-0.1, -0.05) is 44.5 Å². The lowest BCUT2D eigenvalue weighted by Gasteiger charge is -2.23. The van der Waals surface area contributed by atoms with Gasteiger partial charge in [-0.15, -0.1) is 0 Å². The lowest BCUT2D eigenvalue weighted by Crippen LogP contribution is -2.43. The Morgan fingerprint density at radius 2 is 1.69 bits per heavy atom. The van der Waals surface area contributed by atoms with E-state index < -0.39 is 24.0 Å². The van der Waals surface area contributed by atoms with E-state index in [1.54, 1.807) is 24.3 Å². The van der Waals surface area contributed by atoms with E-state index in [9.17, 15) is 19.5 Å². The minimum absolute atomic E-state index is 0.0273. The van der Waals surface area contributed by atoms with Crippen LogP contribution in [-0.4, -0.2) is 28.9 Å². The first-order valence-corrected chi connectivity index (χ1v) is 8.90. The van der Waals surface area contributed by atoms with Crippen LogP contribution < -0.4 is 10.6 Å². The number of halogens is 1. The molecule has 3 N–H and O–H groups in total. The van der Waals surface area contributed by atoms with Gasteiger partial charge >= 0.3 is 5.97 Å². The van der Waals surface area contributed by atoms with Gasteiger partial charge < -0.3 is 15.7 Å². The van der Waals surface area contributed by atoms with Crippen LogP contribution in [-0.2, 0) is 14.4 Å². The molecule has 6 nitrogen and oxygen atoms in total. The summed E-state index contributed by atoms with van der Waals surface area (Å²) in [6.07, 6.45) is 0.952. The number of rotatable bonds is 8. The van der Waals surface area contributed by atoms with E-state index in [1.165, 1.54) is 6.92 Å². The molecule has 1 aromatic rings. The van der Waals surface area contributed by atoms with E-state index in [0.717, 1.165) is 5.56 Å². The minimum Gasteiger partial charge on any atom is -0.480 e. The van der Waals surface area contributed by atoms with Crippen molar-refractivity contribution >= 4 is 29.4 Å². The maximum atomic E-state index is 12.4. The van der Waals surface area contributed by atoms with Gasteiger partial charge in [-0.3, -0.25) is 9.59 Å². The number of nitrogens with one attached hydrogen (secondary N) is 2. The molecule has 0 bridgehead atoms. The molecule has 0 aliphatic carbocycles. The molecule has 0 saturated heterocycles. The molecule has 0 fully saturated rings. The van der Waals surface area contributed by atoms with Crippen molar-refractivity contribution in [2.75, 3.05) is 0 Å². The van der Waals surface area contributed by atoms with Gasteiger partial charge in [0, 0.05) is 11.9 Å². The Morgan fingerprint density at radius 1 is 1.12 bits per heavy atom.